The number of likely N-dealkylation sites (tertiary alicyclic amines) is 1. The molecule has 6 nitrogen and oxygen atoms in total. The smallest absolute Gasteiger partial charge is 0.267 e. The Morgan fingerprint density at radius 1 is 1.52 bits per heavy atom. The lowest BCUT2D eigenvalue weighted by Gasteiger charge is -2.15. The van der Waals surface area contributed by atoms with Gasteiger partial charge in [0.25, 0.3) is 5.91 Å². The number of aromatic nitrogens is 4. The largest absolute Gasteiger partial charge is 0.337 e. The van der Waals surface area contributed by atoms with Crippen molar-refractivity contribution in [1.82, 2.24) is 24.0 Å². The van der Waals surface area contributed by atoms with Gasteiger partial charge in [0.15, 0.2) is 0 Å². The van der Waals surface area contributed by atoms with E-state index in [4.69, 9.17) is 0 Å². The number of aryl methyl sites for hydroxylation is 3. The molecule has 2 aromatic rings. The zero-order chi connectivity index (χ0) is 15.0. The second-order valence-electron chi connectivity index (χ2n) is 5.49. The molecular formula is C14H19N5OS. The van der Waals surface area contributed by atoms with E-state index >= 15 is 0 Å². The predicted octanol–water partition coefficient (Wildman–Crippen LogP) is 1.77. The number of imidazole rings is 1. The van der Waals surface area contributed by atoms with Gasteiger partial charge in [-0.3, -0.25) is 4.79 Å². The molecule has 21 heavy (non-hydrogen) atoms. The molecule has 1 fully saturated rings. The van der Waals surface area contributed by atoms with Crippen molar-refractivity contribution in [2.75, 3.05) is 13.1 Å². The highest BCUT2D eigenvalue weighted by molar-refractivity contribution is 7.08. The summed E-state index contributed by atoms with van der Waals surface area (Å²) >= 11 is 1.20. The van der Waals surface area contributed by atoms with E-state index in [9.17, 15) is 4.79 Å². The van der Waals surface area contributed by atoms with E-state index in [2.05, 4.69) is 19.1 Å². The third-order valence-electron chi connectivity index (χ3n) is 3.96. The Morgan fingerprint density at radius 3 is 3.00 bits per heavy atom. The maximum absolute atomic E-state index is 12.6. The molecule has 0 aromatic carbocycles. The normalized spacial score (nSPS) is 18.4. The van der Waals surface area contributed by atoms with Crippen molar-refractivity contribution in [2.45, 2.75) is 32.6 Å². The van der Waals surface area contributed by atoms with E-state index in [1.54, 1.807) is 0 Å². The lowest BCUT2D eigenvalue weighted by atomic mass is 10.1. The number of carbonyl (C=O) groups excluding carboxylic acids is 1. The van der Waals surface area contributed by atoms with Gasteiger partial charge < -0.3 is 9.47 Å². The van der Waals surface area contributed by atoms with Crippen LogP contribution in [0.5, 0.6) is 0 Å². The second kappa shape index (κ2) is 5.55. The number of hydrogen-bond acceptors (Lipinski definition) is 5. The summed E-state index contributed by atoms with van der Waals surface area (Å²) in [4.78, 5) is 19.8. The molecule has 0 aliphatic carbocycles. The van der Waals surface area contributed by atoms with Crippen molar-refractivity contribution in [1.29, 1.82) is 0 Å². The van der Waals surface area contributed by atoms with E-state index in [0.29, 0.717) is 10.8 Å². The van der Waals surface area contributed by atoms with Crippen molar-refractivity contribution < 1.29 is 4.79 Å². The third-order valence-corrected chi connectivity index (χ3v) is 4.71. The number of amides is 1. The molecule has 3 rings (SSSR count). The monoisotopic (exact) mass is 305 g/mol. The van der Waals surface area contributed by atoms with E-state index in [1.165, 1.54) is 11.5 Å². The fourth-order valence-corrected chi connectivity index (χ4v) is 3.63. The molecule has 1 amide bonds. The van der Waals surface area contributed by atoms with E-state index in [-0.39, 0.29) is 5.91 Å². The van der Waals surface area contributed by atoms with Crippen LogP contribution in [0.3, 0.4) is 0 Å². The van der Waals surface area contributed by atoms with Gasteiger partial charge in [-0.25, -0.2) is 4.98 Å². The van der Waals surface area contributed by atoms with Gasteiger partial charge in [0.1, 0.15) is 10.7 Å². The Balaban J connectivity index is 1.75. The molecule has 1 atom stereocenters. The van der Waals surface area contributed by atoms with Crippen molar-refractivity contribution in [3.63, 3.8) is 0 Å². The van der Waals surface area contributed by atoms with Crippen LogP contribution in [-0.2, 0) is 13.5 Å². The molecule has 2 aromatic heterocycles. The van der Waals surface area contributed by atoms with Crippen LogP contribution < -0.4 is 0 Å². The zero-order valence-electron chi connectivity index (χ0n) is 12.5. The SMILES string of the molecule is CCc1nnsc1C(=O)N1CC[C@@H](c2nc(C)cn2C)C1. The highest BCUT2D eigenvalue weighted by atomic mass is 32.1. The number of rotatable bonds is 3. The van der Waals surface area contributed by atoms with Crippen molar-refractivity contribution in [2.24, 2.45) is 7.05 Å². The molecule has 1 aliphatic rings. The van der Waals surface area contributed by atoms with Gasteiger partial charge in [0, 0.05) is 32.3 Å². The maximum Gasteiger partial charge on any atom is 0.267 e. The van der Waals surface area contributed by atoms with E-state index in [1.807, 2.05) is 32.0 Å². The molecule has 0 bridgehead atoms. The van der Waals surface area contributed by atoms with Crippen LogP contribution in [-0.4, -0.2) is 43.0 Å². The van der Waals surface area contributed by atoms with E-state index < -0.39 is 0 Å². The highest BCUT2D eigenvalue weighted by Gasteiger charge is 2.32. The minimum absolute atomic E-state index is 0.0651. The van der Waals surface area contributed by atoms with Gasteiger partial charge in [0.2, 0.25) is 0 Å². The Labute approximate surface area is 128 Å². The summed E-state index contributed by atoms with van der Waals surface area (Å²) in [5.41, 5.74) is 1.83. The van der Waals surface area contributed by atoms with Crippen molar-refractivity contribution in [3.05, 3.63) is 28.3 Å². The van der Waals surface area contributed by atoms with Gasteiger partial charge in [0.05, 0.1) is 11.4 Å². The first-order valence-electron chi connectivity index (χ1n) is 7.20. The molecule has 3 heterocycles. The van der Waals surface area contributed by atoms with Crippen LogP contribution >= 0.6 is 11.5 Å². The molecule has 0 N–H and O–H groups in total. The quantitative estimate of drug-likeness (QED) is 0.867. The summed E-state index contributed by atoms with van der Waals surface area (Å²) in [6, 6.07) is 0. The molecule has 0 spiro atoms. The highest BCUT2D eigenvalue weighted by Crippen LogP contribution is 2.28. The number of carbonyl (C=O) groups is 1. The number of hydrogen-bond donors (Lipinski definition) is 0. The first-order chi connectivity index (χ1) is 10.1. The Hall–Kier alpha value is -1.76. The maximum atomic E-state index is 12.6. The predicted molar refractivity (Wildman–Crippen MR) is 80.5 cm³/mol. The Kier molecular flexibility index (Phi) is 3.75. The molecule has 1 saturated heterocycles. The van der Waals surface area contributed by atoms with Gasteiger partial charge in [-0.15, -0.1) is 5.10 Å². The first kappa shape index (κ1) is 14.2. The summed E-state index contributed by atoms with van der Waals surface area (Å²) in [6.45, 7) is 5.50. The van der Waals surface area contributed by atoms with Gasteiger partial charge >= 0.3 is 0 Å². The van der Waals surface area contributed by atoms with Crippen LogP contribution in [0.4, 0.5) is 0 Å². The van der Waals surface area contributed by atoms with Crippen LogP contribution in [0, 0.1) is 6.92 Å². The summed E-state index contributed by atoms with van der Waals surface area (Å²) in [7, 11) is 2.02. The average Bonchev–Trinajstić information content (AvgIpc) is 3.16. The lowest BCUT2D eigenvalue weighted by Crippen LogP contribution is -2.28. The van der Waals surface area contributed by atoms with Crippen LogP contribution in [0.1, 0.15) is 46.1 Å². The molecule has 0 saturated carbocycles. The zero-order valence-corrected chi connectivity index (χ0v) is 13.4. The van der Waals surface area contributed by atoms with E-state index in [0.717, 1.165) is 43.1 Å². The van der Waals surface area contributed by atoms with Crippen LogP contribution in [0.25, 0.3) is 0 Å². The van der Waals surface area contributed by atoms with Gasteiger partial charge in [-0.1, -0.05) is 11.4 Å². The average molecular weight is 305 g/mol. The summed E-state index contributed by atoms with van der Waals surface area (Å²) in [6.07, 6.45) is 3.74. The van der Waals surface area contributed by atoms with Gasteiger partial charge in [-0.2, -0.15) is 0 Å². The minimum Gasteiger partial charge on any atom is -0.337 e. The van der Waals surface area contributed by atoms with Crippen LogP contribution in [0.15, 0.2) is 6.20 Å². The Bertz CT molecular complexity index is 662. The second-order valence-corrected chi connectivity index (χ2v) is 6.24. The molecule has 0 radical (unpaired) electrons. The molecule has 1 aliphatic heterocycles. The fourth-order valence-electron chi connectivity index (χ4n) is 2.92. The summed E-state index contributed by atoms with van der Waals surface area (Å²) < 4.78 is 5.98. The third kappa shape index (κ3) is 2.57. The molecular weight excluding hydrogens is 286 g/mol. The fraction of sp³-hybridized carbons (Fsp3) is 0.571. The van der Waals surface area contributed by atoms with Crippen molar-refractivity contribution >= 4 is 17.4 Å². The topological polar surface area (TPSA) is 63.9 Å². The van der Waals surface area contributed by atoms with Gasteiger partial charge in [-0.05, 0) is 31.3 Å². The van der Waals surface area contributed by atoms with Crippen LogP contribution in [0.2, 0.25) is 0 Å². The van der Waals surface area contributed by atoms with Crippen molar-refractivity contribution in [3.8, 4) is 0 Å². The molecule has 112 valence electrons. The first-order valence-corrected chi connectivity index (χ1v) is 7.97. The lowest BCUT2D eigenvalue weighted by molar-refractivity contribution is 0.0794. The standard InChI is InChI=1S/C14H19N5OS/c1-4-11-12(21-17-16-11)14(20)19-6-5-10(8-19)13-15-9(2)7-18(13)3/h7,10H,4-6,8H2,1-3H3/t10-/m1/s1. The molecule has 0 unspecified atom stereocenters. The minimum atomic E-state index is 0.0651. The Morgan fingerprint density at radius 2 is 2.33 bits per heavy atom. The molecule has 7 heteroatoms. The number of nitrogens with zero attached hydrogens (tertiary/aromatic N) is 5. The summed E-state index contributed by atoms with van der Waals surface area (Å²) in [5, 5.41) is 4.03. The summed E-state index contributed by atoms with van der Waals surface area (Å²) in [5.74, 6) is 1.45.